The molecule has 82 valence electrons. The van der Waals surface area contributed by atoms with Crippen LogP contribution in [-0.4, -0.2) is 40.1 Å². The van der Waals surface area contributed by atoms with Crippen LogP contribution in [-0.2, 0) is 14.6 Å². The molecular formula is C9H17NO3S. The normalized spacial score (nSPS) is 19.7. The van der Waals surface area contributed by atoms with E-state index in [1.54, 1.807) is 7.05 Å². The van der Waals surface area contributed by atoms with E-state index in [2.05, 4.69) is 5.32 Å². The van der Waals surface area contributed by atoms with E-state index >= 15 is 0 Å². The Morgan fingerprint density at radius 3 is 2.79 bits per heavy atom. The van der Waals surface area contributed by atoms with Crippen LogP contribution in [0.2, 0.25) is 0 Å². The Bertz CT molecular complexity index is 308. The first-order valence-electron chi connectivity index (χ1n) is 4.71. The maximum Gasteiger partial charge on any atom is 0.149 e. The molecule has 0 amide bonds. The Morgan fingerprint density at radius 2 is 2.36 bits per heavy atom. The topological polar surface area (TPSA) is 55.4 Å². The quantitative estimate of drug-likeness (QED) is 0.739. The predicted molar refractivity (Wildman–Crippen MR) is 55.8 cm³/mol. The van der Waals surface area contributed by atoms with Crippen LogP contribution in [0.5, 0.6) is 0 Å². The summed E-state index contributed by atoms with van der Waals surface area (Å²) >= 11 is 0. The number of likely N-dealkylation sites (N-methyl/N-ethyl adjacent to an activating group) is 1. The van der Waals surface area contributed by atoms with Gasteiger partial charge in [0.1, 0.15) is 15.6 Å². The molecule has 0 aliphatic carbocycles. The Labute approximate surface area is 85.3 Å². The highest BCUT2D eigenvalue weighted by Crippen LogP contribution is 2.14. The van der Waals surface area contributed by atoms with E-state index in [1.165, 1.54) is 6.26 Å². The van der Waals surface area contributed by atoms with Crippen molar-refractivity contribution in [1.82, 2.24) is 5.32 Å². The molecule has 1 aliphatic rings. The van der Waals surface area contributed by atoms with Crippen molar-refractivity contribution in [2.24, 2.45) is 0 Å². The van der Waals surface area contributed by atoms with Gasteiger partial charge < -0.3 is 10.1 Å². The molecule has 1 heterocycles. The smallest absolute Gasteiger partial charge is 0.149 e. The third-order valence-electron chi connectivity index (χ3n) is 2.12. The molecule has 0 saturated carbocycles. The molecule has 1 aliphatic heterocycles. The van der Waals surface area contributed by atoms with Crippen LogP contribution in [0.4, 0.5) is 0 Å². The number of ether oxygens (including phenoxy) is 1. The Kier molecular flexibility index (Phi) is 3.95. The van der Waals surface area contributed by atoms with E-state index in [1.807, 2.05) is 6.08 Å². The van der Waals surface area contributed by atoms with Crippen LogP contribution in [0.3, 0.4) is 0 Å². The first kappa shape index (κ1) is 11.5. The number of allylic oxidation sites excluding steroid dienone is 1. The van der Waals surface area contributed by atoms with E-state index in [0.717, 1.165) is 18.6 Å². The summed E-state index contributed by atoms with van der Waals surface area (Å²) in [7, 11) is -1.22. The summed E-state index contributed by atoms with van der Waals surface area (Å²) in [4.78, 5) is 0. The number of hydrogen-bond donors (Lipinski definition) is 1. The molecule has 0 radical (unpaired) electrons. The average molecular weight is 219 g/mol. The molecule has 1 N–H and O–H groups in total. The van der Waals surface area contributed by atoms with Crippen LogP contribution in [0.1, 0.15) is 12.8 Å². The van der Waals surface area contributed by atoms with Crippen molar-refractivity contribution in [2.45, 2.75) is 18.9 Å². The summed E-state index contributed by atoms with van der Waals surface area (Å²) < 4.78 is 27.7. The lowest BCUT2D eigenvalue weighted by atomic mass is 10.2. The van der Waals surface area contributed by atoms with Crippen molar-refractivity contribution in [3.63, 3.8) is 0 Å². The number of rotatable bonds is 4. The van der Waals surface area contributed by atoms with Gasteiger partial charge in [0.15, 0.2) is 0 Å². The van der Waals surface area contributed by atoms with Crippen LogP contribution in [0.25, 0.3) is 0 Å². The Hall–Kier alpha value is -0.550. The lowest BCUT2D eigenvalue weighted by Gasteiger charge is -2.22. The molecule has 1 rings (SSSR count). The average Bonchev–Trinajstić information content (AvgIpc) is 2.14. The summed E-state index contributed by atoms with van der Waals surface area (Å²) in [5.74, 6) is 0.860. The first-order valence-corrected chi connectivity index (χ1v) is 6.77. The molecule has 0 saturated heterocycles. The van der Waals surface area contributed by atoms with E-state index < -0.39 is 9.84 Å². The third kappa shape index (κ3) is 3.67. The standard InChI is InChI=1S/C9H17NO3S/c1-10-8(7-14(2,11)12)9-5-3-4-6-13-9/h5,8,10H,3-4,6-7H2,1-2H3. The zero-order valence-electron chi connectivity index (χ0n) is 8.62. The highest BCUT2D eigenvalue weighted by molar-refractivity contribution is 7.90. The zero-order chi connectivity index (χ0) is 10.6. The first-order chi connectivity index (χ1) is 6.53. The monoisotopic (exact) mass is 219 g/mol. The van der Waals surface area contributed by atoms with Crippen molar-refractivity contribution >= 4 is 9.84 Å². The van der Waals surface area contributed by atoms with Gasteiger partial charge in [0.2, 0.25) is 0 Å². The van der Waals surface area contributed by atoms with Gasteiger partial charge in [-0.1, -0.05) is 0 Å². The second-order valence-corrected chi connectivity index (χ2v) is 5.72. The minimum Gasteiger partial charge on any atom is -0.497 e. The molecule has 0 aromatic heterocycles. The molecule has 0 aromatic rings. The molecule has 5 heteroatoms. The molecule has 14 heavy (non-hydrogen) atoms. The van der Waals surface area contributed by atoms with Crippen molar-refractivity contribution in [2.75, 3.05) is 25.7 Å². The maximum absolute atomic E-state index is 11.1. The van der Waals surface area contributed by atoms with Crippen LogP contribution >= 0.6 is 0 Å². The largest absolute Gasteiger partial charge is 0.497 e. The summed E-state index contributed by atoms with van der Waals surface area (Å²) in [6, 6.07) is -0.203. The van der Waals surface area contributed by atoms with E-state index in [-0.39, 0.29) is 11.8 Å². The number of sulfone groups is 1. The lowest BCUT2D eigenvalue weighted by Crippen LogP contribution is -2.36. The van der Waals surface area contributed by atoms with Gasteiger partial charge in [-0.05, 0) is 26.0 Å². The minimum atomic E-state index is -2.97. The van der Waals surface area contributed by atoms with E-state index in [9.17, 15) is 8.42 Å². The highest BCUT2D eigenvalue weighted by atomic mass is 32.2. The second kappa shape index (κ2) is 4.79. The fourth-order valence-corrected chi connectivity index (χ4v) is 2.37. The van der Waals surface area contributed by atoms with E-state index in [0.29, 0.717) is 6.61 Å². The minimum absolute atomic E-state index is 0.0926. The summed E-state index contributed by atoms with van der Waals surface area (Å²) in [5, 5.41) is 2.96. The van der Waals surface area contributed by atoms with E-state index in [4.69, 9.17) is 4.74 Å². The SMILES string of the molecule is CNC(CS(C)(=O)=O)C1=CCCCO1. The van der Waals surface area contributed by atoms with Crippen LogP contribution in [0, 0.1) is 0 Å². The van der Waals surface area contributed by atoms with Crippen molar-refractivity contribution in [3.8, 4) is 0 Å². The van der Waals surface area contributed by atoms with Gasteiger partial charge in [-0.25, -0.2) is 8.42 Å². The fraction of sp³-hybridized carbons (Fsp3) is 0.778. The number of hydrogen-bond acceptors (Lipinski definition) is 4. The zero-order valence-corrected chi connectivity index (χ0v) is 9.43. The number of nitrogens with one attached hydrogen (secondary N) is 1. The van der Waals surface area contributed by atoms with Crippen LogP contribution < -0.4 is 5.32 Å². The molecule has 0 spiro atoms. The van der Waals surface area contributed by atoms with Crippen molar-refractivity contribution in [1.29, 1.82) is 0 Å². The van der Waals surface area contributed by atoms with Gasteiger partial charge in [-0.15, -0.1) is 0 Å². The molecule has 1 atom stereocenters. The van der Waals surface area contributed by atoms with Gasteiger partial charge in [-0.2, -0.15) is 0 Å². The molecule has 0 fully saturated rings. The maximum atomic E-state index is 11.1. The lowest BCUT2D eigenvalue weighted by molar-refractivity contribution is 0.173. The summed E-state index contributed by atoms with van der Waals surface area (Å²) in [6.07, 6.45) is 5.19. The van der Waals surface area contributed by atoms with Gasteiger partial charge in [-0.3, -0.25) is 0 Å². The van der Waals surface area contributed by atoms with Crippen molar-refractivity contribution in [3.05, 3.63) is 11.8 Å². The third-order valence-corrected chi connectivity index (χ3v) is 3.06. The molecular weight excluding hydrogens is 202 g/mol. The molecule has 4 nitrogen and oxygen atoms in total. The van der Waals surface area contributed by atoms with Crippen molar-refractivity contribution < 1.29 is 13.2 Å². The highest BCUT2D eigenvalue weighted by Gasteiger charge is 2.20. The molecule has 1 unspecified atom stereocenters. The van der Waals surface area contributed by atoms with Gasteiger partial charge in [0, 0.05) is 6.26 Å². The molecule has 0 aromatic carbocycles. The van der Waals surface area contributed by atoms with Crippen LogP contribution in [0.15, 0.2) is 11.8 Å². The Morgan fingerprint density at radius 1 is 1.64 bits per heavy atom. The van der Waals surface area contributed by atoms with Gasteiger partial charge in [0.25, 0.3) is 0 Å². The fourth-order valence-electron chi connectivity index (χ4n) is 1.43. The summed E-state index contributed by atoms with van der Waals surface area (Å²) in [5.41, 5.74) is 0. The summed E-state index contributed by atoms with van der Waals surface area (Å²) in [6.45, 7) is 0.688. The van der Waals surface area contributed by atoms with Gasteiger partial charge >= 0.3 is 0 Å². The van der Waals surface area contributed by atoms with Gasteiger partial charge in [0.05, 0.1) is 18.4 Å². The second-order valence-electron chi connectivity index (χ2n) is 3.53. The molecule has 0 bridgehead atoms. The predicted octanol–water partition coefficient (Wildman–Crippen LogP) is 0.313. The Balaban J connectivity index is 2.66.